The number of nitrogens with zero attached hydrogens (tertiary/aromatic N) is 4. The molecule has 1 aliphatic carbocycles. The SMILES string of the molecule is Cc1nc(C(=O)NC2CCCc3cnccc32)c(N)nc1-c1ncco1. The van der Waals surface area contributed by atoms with Crippen molar-refractivity contribution in [3.05, 3.63) is 53.4 Å². The van der Waals surface area contributed by atoms with Gasteiger partial charge in [0.05, 0.1) is 17.9 Å². The summed E-state index contributed by atoms with van der Waals surface area (Å²) in [6.45, 7) is 1.74. The molecule has 0 bridgehead atoms. The number of fused-ring (bicyclic) bond motifs is 1. The van der Waals surface area contributed by atoms with Gasteiger partial charge in [0.2, 0.25) is 5.89 Å². The summed E-state index contributed by atoms with van der Waals surface area (Å²) in [6.07, 6.45) is 9.40. The molecule has 1 aliphatic rings. The van der Waals surface area contributed by atoms with Crippen LogP contribution in [-0.2, 0) is 6.42 Å². The number of amides is 1. The van der Waals surface area contributed by atoms with Crippen LogP contribution in [0.25, 0.3) is 11.6 Å². The van der Waals surface area contributed by atoms with Gasteiger partial charge in [0.25, 0.3) is 5.91 Å². The van der Waals surface area contributed by atoms with E-state index in [0.29, 0.717) is 17.3 Å². The number of nitrogen functional groups attached to an aromatic ring is 1. The van der Waals surface area contributed by atoms with Gasteiger partial charge in [-0.15, -0.1) is 0 Å². The van der Waals surface area contributed by atoms with Gasteiger partial charge in [0, 0.05) is 12.4 Å². The van der Waals surface area contributed by atoms with Crippen LogP contribution in [0.1, 0.15) is 46.2 Å². The highest BCUT2D eigenvalue weighted by Crippen LogP contribution is 2.29. The van der Waals surface area contributed by atoms with E-state index >= 15 is 0 Å². The number of rotatable bonds is 3. The molecular weight excluding hydrogens is 332 g/mol. The molecule has 0 aromatic carbocycles. The molecule has 0 aliphatic heterocycles. The number of nitrogens with two attached hydrogens (primary N) is 1. The van der Waals surface area contributed by atoms with Crippen LogP contribution in [0.3, 0.4) is 0 Å². The number of aromatic nitrogens is 4. The number of carbonyl (C=O) groups excluding carboxylic acids is 1. The van der Waals surface area contributed by atoms with Crippen LogP contribution in [0.2, 0.25) is 0 Å². The highest BCUT2D eigenvalue weighted by molar-refractivity contribution is 5.97. The fourth-order valence-electron chi connectivity index (χ4n) is 3.26. The van der Waals surface area contributed by atoms with Gasteiger partial charge < -0.3 is 15.5 Å². The van der Waals surface area contributed by atoms with Gasteiger partial charge in [-0.3, -0.25) is 9.78 Å². The first-order chi connectivity index (χ1) is 12.6. The number of hydrogen-bond acceptors (Lipinski definition) is 7. The van der Waals surface area contributed by atoms with Gasteiger partial charge in [0.1, 0.15) is 12.0 Å². The van der Waals surface area contributed by atoms with E-state index in [9.17, 15) is 4.79 Å². The van der Waals surface area contributed by atoms with Gasteiger partial charge >= 0.3 is 0 Å². The maximum absolute atomic E-state index is 12.7. The summed E-state index contributed by atoms with van der Waals surface area (Å²) in [6, 6.07) is 1.87. The molecule has 1 unspecified atom stereocenters. The minimum atomic E-state index is -0.341. The van der Waals surface area contributed by atoms with Crippen molar-refractivity contribution in [1.82, 2.24) is 25.3 Å². The summed E-state index contributed by atoms with van der Waals surface area (Å²) >= 11 is 0. The summed E-state index contributed by atoms with van der Waals surface area (Å²) in [5.41, 5.74) is 9.31. The average molecular weight is 350 g/mol. The number of anilines is 1. The lowest BCUT2D eigenvalue weighted by Crippen LogP contribution is -2.32. The summed E-state index contributed by atoms with van der Waals surface area (Å²) < 4.78 is 5.24. The minimum absolute atomic E-state index is 0.0482. The smallest absolute Gasteiger partial charge is 0.274 e. The lowest BCUT2D eigenvalue weighted by Gasteiger charge is -2.26. The van der Waals surface area contributed by atoms with Crippen molar-refractivity contribution in [3.8, 4) is 11.6 Å². The van der Waals surface area contributed by atoms with Gasteiger partial charge in [-0.05, 0) is 43.4 Å². The molecule has 3 heterocycles. The Balaban J connectivity index is 1.61. The summed E-state index contributed by atoms with van der Waals surface area (Å²) in [5.74, 6) is 0.0288. The van der Waals surface area contributed by atoms with Crippen molar-refractivity contribution in [1.29, 1.82) is 0 Å². The van der Waals surface area contributed by atoms with E-state index in [1.54, 1.807) is 13.1 Å². The fourth-order valence-corrected chi connectivity index (χ4v) is 3.26. The molecule has 0 saturated carbocycles. The van der Waals surface area contributed by atoms with E-state index in [1.807, 2.05) is 12.3 Å². The van der Waals surface area contributed by atoms with Crippen LogP contribution < -0.4 is 11.1 Å². The largest absolute Gasteiger partial charge is 0.443 e. The molecule has 26 heavy (non-hydrogen) atoms. The minimum Gasteiger partial charge on any atom is -0.443 e. The lowest BCUT2D eigenvalue weighted by atomic mass is 9.89. The van der Waals surface area contributed by atoms with Crippen molar-refractivity contribution in [3.63, 3.8) is 0 Å². The van der Waals surface area contributed by atoms with Crippen LogP contribution in [-0.4, -0.2) is 25.8 Å². The molecule has 3 N–H and O–H groups in total. The van der Waals surface area contributed by atoms with E-state index in [0.717, 1.165) is 24.8 Å². The van der Waals surface area contributed by atoms with Crippen molar-refractivity contribution in [2.24, 2.45) is 0 Å². The van der Waals surface area contributed by atoms with Crippen molar-refractivity contribution in [2.75, 3.05) is 5.73 Å². The zero-order chi connectivity index (χ0) is 18.1. The first kappa shape index (κ1) is 16.2. The zero-order valence-corrected chi connectivity index (χ0v) is 14.3. The van der Waals surface area contributed by atoms with Crippen molar-refractivity contribution >= 4 is 11.7 Å². The molecular formula is C18H18N6O2. The third-order valence-electron chi connectivity index (χ3n) is 4.51. The third-order valence-corrected chi connectivity index (χ3v) is 4.51. The van der Waals surface area contributed by atoms with Crippen molar-refractivity contribution < 1.29 is 9.21 Å². The Morgan fingerprint density at radius 2 is 2.23 bits per heavy atom. The number of aryl methyl sites for hydroxylation is 2. The highest BCUT2D eigenvalue weighted by atomic mass is 16.3. The Kier molecular flexibility index (Phi) is 4.08. The molecule has 0 fully saturated rings. The molecule has 3 aromatic heterocycles. The molecule has 8 heteroatoms. The van der Waals surface area contributed by atoms with Crippen molar-refractivity contribution in [2.45, 2.75) is 32.2 Å². The molecule has 0 radical (unpaired) electrons. The van der Waals surface area contributed by atoms with Gasteiger partial charge in [0.15, 0.2) is 11.5 Å². The van der Waals surface area contributed by atoms with Gasteiger partial charge in [-0.25, -0.2) is 15.0 Å². The van der Waals surface area contributed by atoms with E-state index in [4.69, 9.17) is 10.2 Å². The first-order valence-corrected chi connectivity index (χ1v) is 8.41. The standard InChI is InChI=1S/C18H18N6O2/c1-10-14(18-21-7-8-26-18)24-16(19)15(22-10)17(25)23-13-4-2-3-11-9-20-6-5-12(11)13/h5-9,13H,2-4H2,1H3,(H2,19,24)(H,23,25). The Morgan fingerprint density at radius 1 is 1.35 bits per heavy atom. The molecule has 0 saturated heterocycles. The average Bonchev–Trinajstić information content (AvgIpc) is 3.18. The molecule has 4 rings (SSSR count). The van der Waals surface area contributed by atoms with Crippen LogP contribution in [0, 0.1) is 6.92 Å². The second-order valence-corrected chi connectivity index (χ2v) is 6.22. The predicted molar refractivity (Wildman–Crippen MR) is 94.1 cm³/mol. The van der Waals surface area contributed by atoms with E-state index in [-0.39, 0.29) is 23.5 Å². The van der Waals surface area contributed by atoms with Crippen LogP contribution in [0.5, 0.6) is 0 Å². The first-order valence-electron chi connectivity index (χ1n) is 8.41. The summed E-state index contributed by atoms with van der Waals surface area (Å²) in [7, 11) is 0. The Labute approximate surface area is 149 Å². The van der Waals surface area contributed by atoms with Crippen LogP contribution >= 0.6 is 0 Å². The molecule has 3 aromatic rings. The second kappa shape index (κ2) is 6.55. The van der Waals surface area contributed by atoms with E-state index in [2.05, 4.69) is 25.3 Å². The summed E-state index contributed by atoms with van der Waals surface area (Å²) in [5, 5.41) is 3.03. The number of carbonyl (C=O) groups is 1. The van der Waals surface area contributed by atoms with Crippen LogP contribution in [0.4, 0.5) is 5.82 Å². The number of pyridine rings is 1. The zero-order valence-electron chi connectivity index (χ0n) is 14.3. The van der Waals surface area contributed by atoms with Gasteiger partial charge in [-0.2, -0.15) is 0 Å². The number of hydrogen-bond donors (Lipinski definition) is 2. The number of oxazole rings is 1. The molecule has 0 spiro atoms. The Bertz CT molecular complexity index is 954. The van der Waals surface area contributed by atoms with E-state index in [1.165, 1.54) is 18.0 Å². The maximum atomic E-state index is 12.7. The Morgan fingerprint density at radius 3 is 3.04 bits per heavy atom. The molecule has 132 valence electrons. The molecule has 1 atom stereocenters. The molecule has 8 nitrogen and oxygen atoms in total. The lowest BCUT2D eigenvalue weighted by molar-refractivity contribution is 0.0928. The Hall–Kier alpha value is -3.29. The third kappa shape index (κ3) is 2.90. The van der Waals surface area contributed by atoms with Crippen LogP contribution in [0.15, 0.2) is 35.3 Å². The molecule has 1 amide bonds. The maximum Gasteiger partial charge on any atom is 0.274 e. The normalized spacial score (nSPS) is 16.1. The quantitative estimate of drug-likeness (QED) is 0.743. The second-order valence-electron chi connectivity index (χ2n) is 6.22. The highest BCUT2D eigenvalue weighted by Gasteiger charge is 2.25. The number of nitrogens with one attached hydrogen (secondary N) is 1. The summed E-state index contributed by atoms with van der Waals surface area (Å²) in [4.78, 5) is 29.6. The topological polar surface area (TPSA) is 120 Å². The predicted octanol–water partition coefficient (Wildman–Crippen LogP) is 2.22. The van der Waals surface area contributed by atoms with E-state index < -0.39 is 0 Å². The fraction of sp³-hybridized carbons (Fsp3) is 0.278. The van der Waals surface area contributed by atoms with Gasteiger partial charge in [-0.1, -0.05) is 0 Å². The monoisotopic (exact) mass is 350 g/mol.